The Labute approximate surface area is 113 Å². The zero-order valence-corrected chi connectivity index (χ0v) is 12.0. The fourth-order valence-corrected chi connectivity index (χ4v) is 3.98. The maximum absolute atomic E-state index is 13.9. The van der Waals surface area contributed by atoms with Crippen molar-refractivity contribution in [2.75, 3.05) is 13.6 Å². The standard InChI is InChI=1S/C13H19FN2O2S/c1-3-16(11-5-6-11)19(17,18)13-8-10(9-15-2)4-7-12(13)14/h4,7-8,11,15H,3,5-6,9H2,1-2H3. The van der Waals surface area contributed by atoms with E-state index in [1.807, 2.05) is 0 Å². The Hall–Kier alpha value is -0.980. The average molecular weight is 286 g/mol. The number of halogens is 1. The first-order chi connectivity index (χ1) is 9.00. The maximum Gasteiger partial charge on any atom is 0.246 e. The van der Waals surface area contributed by atoms with E-state index in [0.29, 0.717) is 13.1 Å². The number of benzene rings is 1. The van der Waals surface area contributed by atoms with Crippen molar-refractivity contribution in [1.29, 1.82) is 0 Å². The molecule has 0 aromatic heterocycles. The lowest BCUT2D eigenvalue weighted by atomic mass is 10.2. The molecular weight excluding hydrogens is 267 g/mol. The van der Waals surface area contributed by atoms with Crippen molar-refractivity contribution in [3.63, 3.8) is 0 Å². The normalized spacial score (nSPS) is 16.0. The second-order valence-corrected chi connectivity index (χ2v) is 6.59. The lowest BCUT2D eigenvalue weighted by Crippen LogP contribution is -2.33. The summed E-state index contributed by atoms with van der Waals surface area (Å²) in [7, 11) is -1.96. The van der Waals surface area contributed by atoms with Crippen LogP contribution in [0.15, 0.2) is 23.1 Å². The molecule has 0 unspecified atom stereocenters. The van der Waals surface area contributed by atoms with Gasteiger partial charge in [0.15, 0.2) is 0 Å². The molecule has 2 rings (SSSR count). The highest BCUT2D eigenvalue weighted by atomic mass is 32.2. The summed E-state index contributed by atoms with van der Waals surface area (Å²) in [6.07, 6.45) is 1.73. The minimum atomic E-state index is -3.73. The van der Waals surface area contributed by atoms with Gasteiger partial charge in [-0.1, -0.05) is 13.0 Å². The first-order valence-electron chi connectivity index (χ1n) is 6.45. The highest BCUT2D eigenvalue weighted by Crippen LogP contribution is 2.32. The summed E-state index contributed by atoms with van der Waals surface area (Å²) in [4.78, 5) is -0.214. The van der Waals surface area contributed by atoms with Crippen molar-refractivity contribution < 1.29 is 12.8 Å². The number of nitrogens with one attached hydrogen (secondary N) is 1. The van der Waals surface area contributed by atoms with Crippen molar-refractivity contribution in [3.05, 3.63) is 29.6 Å². The topological polar surface area (TPSA) is 49.4 Å². The van der Waals surface area contributed by atoms with E-state index in [0.717, 1.165) is 18.4 Å². The van der Waals surface area contributed by atoms with Crippen molar-refractivity contribution in [2.24, 2.45) is 0 Å². The van der Waals surface area contributed by atoms with Gasteiger partial charge in [-0.15, -0.1) is 0 Å². The van der Waals surface area contributed by atoms with E-state index in [2.05, 4.69) is 5.32 Å². The fourth-order valence-electron chi connectivity index (χ4n) is 2.17. The van der Waals surface area contributed by atoms with Gasteiger partial charge in [-0.2, -0.15) is 4.31 Å². The molecular formula is C13H19FN2O2S. The monoisotopic (exact) mass is 286 g/mol. The molecule has 0 spiro atoms. The Kier molecular flexibility index (Phi) is 4.23. The van der Waals surface area contributed by atoms with E-state index in [1.54, 1.807) is 20.0 Å². The molecule has 19 heavy (non-hydrogen) atoms. The molecule has 0 bridgehead atoms. The van der Waals surface area contributed by atoms with Gasteiger partial charge in [0, 0.05) is 19.1 Å². The maximum atomic E-state index is 13.9. The summed E-state index contributed by atoms with van der Waals surface area (Å²) in [5.74, 6) is -0.682. The summed E-state index contributed by atoms with van der Waals surface area (Å²) in [5.41, 5.74) is 0.759. The molecule has 1 N–H and O–H groups in total. The molecule has 0 atom stereocenters. The molecule has 1 aromatic rings. The van der Waals surface area contributed by atoms with E-state index < -0.39 is 15.8 Å². The van der Waals surface area contributed by atoms with Crippen LogP contribution in [-0.2, 0) is 16.6 Å². The second-order valence-electron chi connectivity index (χ2n) is 4.73. The molecule has 0 radical (unpaired) electrons. The van der Waals surface area contributed by atoms with Gasteiger partial charge in [-0.25, -0.2) is 12.8 Å². The first-order valence-corrected chi connectivity index (χ1v) is 7.89. The van der Waals surface area contributed by atoms with Gasteiger partial charge >= 0.3 is 0 Å². The third-order valence-electron chi connectivity index (χ3n) is 3.23. The Morgan fingerprint density at radius 1 is 1.42 bits per heavy atom. The van der Waals surface area contributed by atoms with Crippen LogP contribution in [0.2, 0.25) is 0 Å². The molecule has 1 aliphatic carbocycles. The van der Waals surface area contributed by atoms with Crippen molar-refractivity contribution in [2.45, 2.75) is 37.2 Å². The Bertz CT molecular complexity index is 556. The second kappa shape index (κ2) is 5.56. The molecule has 4 nitrogen and oxygen atoms in total. The van der Waals surface area contributed by atoms with Crippen LogP contribution in [0.4, 0.5) is 4.39 Å². The summed E-state index contributed by atoms with van der Waals surface area (Å²) >= 11 is 0. The van der Waals surface area contributed by atoms with E-state index in [-0.39, 0.29) is 10.9 Å². The van der Waals surface area contributed by atoms with E-state index in [1.165, 1.54) is 16.4 Å². The van der Waals surface area contributed by atoms with Crippen LogP contribution in [0.3, 0.4) is 0 Å². The summed E-state index contributed by atoms with van der Waals surface area (Å²) in [6, 6.07) is 4.28. The van der Waals surface area contributed by atoms with Gasteiger partial charge in [-0.05, 0) is 37.6 Å². The van der Waals surface area contributed by atoms with Crippen LogP contribution in [0, 0.1) is 5.82 Å². The third kappa shape index (κ3) is 2.96. The summed E-state index contributed by atoms with van der Waals surface area (Å²) in [5, 5.41) is 2.93. The quantitative estimate of drug-likeness (QED) is 0.866. The van der Waals surface area contributed by atoms with Crippen LogP contribution in [0.1, 0.15) is 25.3 Å². The molecule has 0 heterocycles. The number of hydrogen-bond donors (Lipinski definition) is 1. The summed E-state index contributed by atoms with van der Waals surface area (Å²) < 4.78 is 40.2. The molecule has 0 saturated heterocycles. The predicted octanol–water partition coefficient (Wildman–Crippen LogP) is 1.72. The van der Waals surface area contributed by atoms with E-state index >= 15 is 0 Å². The number of nitrogens with zero attached hydrogens (tertiary/aromatic N) is 1. The average Bonchev–Trinajstić information content (AvgIpc) is 3.17. The molecule has 0 amide bonds. The zero-order chi connectivity index (χ0) is 14.0. The van der Waals surface area contributed by atoms with Gasteiger partial charge in [0.05, 0.1) is 0 Å². The number of hydrogen-bond acceptors (Lipinski definition) is 3. The van der Waals surface area contributed by atoms with Crippen molar-refractivity contribution >= 4 is 10.0 Å². The molecule has 1 saturated carbocycles. The minimum absolute atomic E-state index is 0.0438. The predicted molar refractivity (Wildman–Crippen MR) is 71.8 cm³/mol. The largest absolute Gasteiger partial charge is 0.316 e. The van der Waals surface area contributed by atoms with Gasteiger partial charge in [-0.3, -0.25) is 0 Å². The van der Waals surface area contributed by atoms with Gasteiger partial charge in [0.2, 0.25) is 10.0 Å². The van der Waals surface area contributed by atoms with Gasteiger partial charge in [0.1, 0.15) is 10.7 Å². The van der Waals surface area contributed by atoms with Crippen LogP contribution in [0.25, 0.3) is 0 Å². The van der Waals surface area contributed by atoms with Gasteiger partial charge < -0.3 is 5.32 Å². The SMILES string of the molecule is CCN(C1CC1)S(=O)(=O)c1cc(CNC)ccc1F. The van der Waals surface area contributed by atoms with E-state index in [4.69, 9.17) is 0 Å². The highest BCUT2D eigenvalue weighted by molar-refractivity contribution is 7.89. The minimum Gasteiger partial charge on any atom is -0.316 e. The number of rotatable bonds is 6. The lowest BCUT2D eigenvalue weighted by molar-refractivity contribution is 0.416. The fraction of sp³-hybridized carbons (Fsp3) is 0.538. The molecule has 106 valence electrons. The van der Waals surface area contributed by atoms with Crippen molar-refractivity contribution in [3.8, 4) is 0 Å². The molecule has 1 aliphatic rings. The Morgan fingerprint density at radius 2 is 2.11 bits per heavy atom. The smallest absolute Gasteiger partial charge is 0.246 e. The first kappa shape index (κ1) is 14.4. The van der Waals surface area contributed by atoms with Crippen LogP contribution in [0.5, 0.6) is 0 Å². The lowest BCUT2D eigenvalue weighted by Gasteiger charge is -2.20. The molecule has 0 aliphatic heterocycles. The highest BCUT2D eigenvalue weighted by Gasteiger charge is 2.38. The molecule has 1 aromatic carbocycles. The zero-order valence-electron chi connectivity index (χ0n) is 11.2. The summed E-state index contributed by atoms with van der Waals surface area (Å²) in [6.45, 7) is 2.67. The number of sulfonamides is 1. The van der Waals surface area contributed by atoms with Gasteiger partial charge in [0.25, 0.3) is 0 Å². The van der Waals surface area contributed by atoms with Crippen LogP contribution in [-0.4, -0.2) is 32.4 Å². The molecule has 6 heteroatoms. The van der Waals surface area contributed by atoms with Crippen LogP contribution >= 0.6 is 0 Å². The third-order valence-corrected chi connectivity index (χ3v) is 5.27. The molecule has 1 fully saturated rings. The van der Waals surface area contributed by atoms with Crippen molar-refractivity contribution in [1.82, 2.24) is 9.62 Å². The van der Waals surface area contributed by atoms with E-state index in [9.17, 15) is 12.8 Å². The Balaban J connectivity index is 2.40. The van der Waals surface area contributed by atoms with Crippen LogP contribution < -0.4 is 5.32 Å². The Morgan fingerprint density at radius 3 is 2.63 bits per heavy atom.